The normalized spacial score (nSPS) is 11.7. The minimum Gasteiger partial charge on any atom is -0.246 e. The Balaban J connectivity index is 3.02. The van der Waals surface area contributed by atoms with Crippen LogP contribution >= 0.6 is 0 Å². The molecule has 0 aliphatic carbocycles. The van der Waals surface area contributed by atoms with Crippen LogP contribution in [0.15, 0.2) is 18.2 Å². The first-order chi connectivity index (χ1) is 5.54. The topological polar surface area (TPSA) is 0 Å². The minimum absolute atomic E-state index is 0.0607. The fourth-order valence-electron chi connectivity index (χ4n) is 1.03. The van der Waals surface area contributed by atoms with Crippen molar-refractivity contribution in [3.05, 3.63) is 35.4 Å². The first-order valence-electron chi connectivity index (χ1n) is 4.11. The van der Waals surface area contributed by atoms with Crippen molar-refractivity contribution >= 4 is 0 Å². The van der Waals surface area contributed by atoms with Gasteiger partial charge in [-0.05, 0) is 22.6 Å². The van der Waals surface area contributed by atoms with Crippen LogP contribution in [0.1, 0.15) is 31.9 Å². The second kappa shape index (κ2) is 3.26. The quantitative estimate of drug-likeness (QED) is 0.599. The molecule has 65 valence electrons. The minimum atomic E-state index is -0.391. The summed E-state index contributed by atoms with van der Waals surface area (Å²) in [6.07, 6.45) is 0. The Labute approximate surface area is 73.4 Å². The fraction of sp³-hybridized carbons (Fsp3) is 0.455. The van der Waals surface area contributed by atoms with Crippen molar-refractivity contribution in [3.63, 3.8) is 0 Å². The summed E-state index contributed by atoms with van der Waals surface area (Å²) in [5.41, 5.74) is 1.86. The lowest BCUT2D eigenvalue weighted by Crippen LogP contribution is -2.11. The molecule has 0 amide bonds. The standard InChI is InChI=1S/C11H14F/c1-11(2,3)10-6-4-5-9(7-10)8-12/h4-5,7H,8H2,1-3H3. The maximum Gasteiger partial charge on any atom is 0.115 e. The van der Waals surface area contributed by atoms with E-state index in [0.29, 0.717) is 0 Å². The van der Waals surface area contributed by atoms with Gasteiger partial charge in [0.15, 0.2) is 0 Å². The molecule has 0 atom stereocenters. The predicted octanol–water partition coefficient (Wildman–Crippen LogP) is 3.25. The molecule has 0 N–H and O–H groups in total. The van der Waals surface area contributed by atoms with Gasteiger partial charge in [0.05, 0.1) is 0 Å². The zero-order valence-corrected chi connectivity index (χ0v) is 7.82. The molecule has 0 bridgehead atoms. The summed E-state index contributed by atoms with van der Waals surface area (Å²) in [7, 11) is 0. The van der Waals surface area contributed by atoms with E-state index in [9.17, 15) is 4.39 Å². The van der Waals surface area contributed by atoms with E-state index in [1.54, 1.807) is 12.1 Å². The Morgan fingerprint density at radius 3 is 2.58 bits per heavy atom. The fourth-order valence-corrected chi connectivity index (χ4v) is 1.03. The van der Waals surface area contributed by atoms with Crippen molar-refractivity contribution in [2.75, 3.05) is 0 Å². The number of hydrogen-bond donors (Lipinski definition) is 0. The third-order valence-corrected chi connectivity index (χ3v) is 1.83. The van der Waals surface area contributed by atoms with Crippen molar-refractivity contribution < 1.29 is 4.39 Å². The molecule has 1 heteroatoms. The van der Waals surface area contributed by atoms with Gasteiger partial charge in [0, 0.05) is 0 Å². The molecule has 0 fully saturated rings. The summed E-state index contributed by atoms with van der Waals surface area (Å²) in [4.78, 5) is 0. The summed E-state index contributed by atoms with van der Waals surface area (Å²) in [5, 5.41) is 0. The predicted molar refractivity (Wildman–Crippen MR) is 48.8 cm³/mol. The molecule has 12 heavy (non-hydrogen) atoms. The van der Waals surface area contributed by atoms with E-state index in [-0.39, 0.29) is 5.41 Å². The van der Waals surface area contributed by atoms with Gasteiger partial charge < -0.3 is 0 Å². The zero-order valence-electron chi connectivity index (χ0n) is 7.82. The molecule has 0 nitrogen and oxygen atoms in total. The van der Waals surface area contributed by atoms with Gasteiger partial charge >= 0.3 is 0 Å². The van der Waals surface area contributed by atoms with E-state index in [2.05, 4.69) is 26.8 Å². The maximum atomic E-state index is 12.3. The number of hydrogen-bond acceptors (Lipinski definition) is 0. The largest absolute Gasteiger partial charge is 0.246 e. The van der Waals surface area contributed by atoms with Crippen LogP contribution in [0, 0.1) is 6.07 Å². The Morgan fingerprint density at radius 2 is 2.08 bits per heavy atom. The average molecular weight is 165 g/mol. The summed E-state index contributed by atoms with van der Waals surface area (Å²) >= 11 is 0. The van der Waals surface area contributed by atoms with Crippen LogP contribution in [-0.4, -0.2) is 0 Å². The second-order valence-corrected chi connectivity index (χ2v) is 3.99. The highest BCUT2D eigenvalue weighted by molar-refractivity contribution is 5.26. The highest BCUT2D eigenvalue weighted by Crippen LogP contribution is 2.22. The van der Waals surface area contributed by atoms with Gasteiger partial charge in [-0.1, -0.05) is 39.0 Å². The number of rotatable bonds is 1. The maximum absolute atomic E-state index is 12.3. The molecule has 1 radical (unpaired) electrons. The molecular formula is C11H14F. The van der Waals surface area contributed by atoms with Crippen LogP contribution in [0.5, 0.6) is 0 Å². The molecule has 0 saturated heterocycles. The van der Waals surface area contributed by atoms with Gasteiger partial charge in [-0.25, -0.2) is 4.39 Å². The molecule has 1 rings (SSSR count). The van der Waals surface area contributed by atoms with Crippen molar-refractivity contribution in [1.82, 2.24) is 0 Å². The monoisotopic (exact) mass is 165 g/mol. The summed E-state index contributed by atoms with van der Waals surface area (Å²) < 4.78 is 12.3. The molecule has 0 aliphatic rings. The molecule has 0 saturated carbocycles. The van der Waals surface area contributed by atoms with Crippen LogP contribution in [0.4, 0.5) is 4.39 Å². The Hall–Kier alpha value is -0.850. The lowest BCUT2D eigenvalue weighted by Gasteiger charge is -2.18. The summed E-state index contributed by atoms with van der Waals surface area (Å²) in [6, 6.07) is 8.54. The molecule has 0 spiro atoms. The van der Waals surface area contributed by atoms with E-state index in [4.69, 9.17) is 0 Å². The lowest BCUT2D eigenvalue weighted by molar-refractivity contribution is 0.483. The summed E-state index contributed by atoms with van der Waals surface area (Å²) in [5.74, 6) is 0. The van der Waals surface area contributed by atoms with Crippen LogP contribution in [0.2, 0.25) is 0 Å². The molecule has 1 aromatic rings. The highest BCUT2D eigenvalue weighted by Gasteiger charge is 2.13. The van der Waals surface area contributed by atoms with Crippen molar-refractivity contribution in [2.45, 2.75) is 32.9 Å². The van der Waals surface area contributed by atoms with Crippen LogP contribution in [0.25, 0.3) is 0 Å². The van der Waals surface area contributed by atoms with Gasteiger partial charge in [-0.3, -0.25) is 0 Å². The van der Waals surface area contributed by atoms with Crippen molar-refractivity contribution in [3.8, 4) is 0 Å². The van der Waals surface area contributed by atoms with Crippen molar-refractivity contribution in [1.29, 1.82) is 0 Å². The number of benzene rings is 1. The molecule has 1 aromatic carbocycles. The average Bonchev–Trinajstić information content (AvgIpc) is 2.03. The van der Waals surface area contributed by atoms with Crippen LogP contribution in [0.3, 0.4) is 0 Å². The molecule has 0 unspecified atom stereocenters. The Bertz CT molecular complexity index is 258. The van der Waals surface area contributed by atoms with E-state index in [1.807, 2.05) is 6.07 Å². The third kappa shape index (κ3) is 2.07. The highest BCUT2D eigenvalue weighted by atomic mass is 19.1. The van der Waals surface area contributed by atoms with Crippen LogP contribution in [-0.2, 0) is 12.1 Å². The van der Waals surface area contributed by atoms with Crippen LogP contribution < -0.4 is 0 Å². The molecule has 0 aromatic heterocycles. The van der Waals surface area contributed by atoms with E-state index < -0.39 is 6.67 Å². The number of alkyl halides is 1. The van der Waals surface area contributed by atoms with E-state index >= 15 is 0 Å². The first kappa shape index (κ1) is 9.24. The van der Waals surface area contributed by atoms with Gasteiger partial charge in [0.2, 0.25) is 0 Å². The molecule has 0 aliphatic heterocycles. The Morgan fingerprint density at radius 1 is 1.42 bits per heavy atom. The van der Waals surface area contributed by atoms with Gasteiger partial charge in [-0.15, -0.1) is 0 Å². The van der Waals surface area contributed by atoms with E-state index in [1.165, 1.54) is 0 Å². The van der Waals surface area contributed by atoms with Gasteiger partial charge in [0.1, 0.15) is 6.67 Å². The smallest absolute Gasteiger partial charge is 0.115 e. The van der Waals surface area contributed by atoms with Gasteiger partial charge in [-0.2, -0.15) is 0 Å². The van der Waals surface area contributed by atoms with E-state index in [0.717, 1.165) is 11.1 Å². The van der Waals surface area contributed by atoms with Gasteiger partial charge in [0.25, 0.3) is 0 Å². The Kier molecular flexibility index (Phi) is 2.51. The zero-order chi connectivity index (χ0) is 9.19. The lowest BCUT2D eigenvalue weighted by atomic mass is 9.86. The second-order valence-electron chi connectivity index (χ2n) is 3.99. The number of halogens is 1. The molecule has 0 heterocycles. The summed E-state index contributed by atoms with van der Waals surface area (Å²) in [6.45, 7) is 5.90. The SMILES string of the molecule is CC(C)(C)c1[c]ccc(CF)c1. The third-order valence-electron chi connectivity index (χ3n) is 1.83. The molecular weight excluding hydrogens is 151 g/mol. The first-order valence-corrected chi connectivity index (χ1v) is 4.11. The van der Waals surface area contributed by atoms with Crippen molar-refractivity contribution in [2.24, 2.45) is 0 Å².